The highest BCUT2D eigenvalue weighted by Gasteiger charge is 2.28. The van der Waals surface area contributed by atoms with Crippen molar-refractivity contribution in [3.63, 3.8) is 0 Å². The Morgan fingerprint density at radius 2 is 1.79 bits per heavy atom. The minimum absolute atomic E-state index is 0.0955. The average molecular weight is 381 g/mol. The van der Waals surface area contributed by atoms with E-state index in [0.717, 1.165) is 36.4 Å². The van der Waals surface area contributed by atoms with Gasteiger partial charge in [0.2, 0.25) is 5.91 Å². The molecule has 0 saturated carbocycles. The molecule has 0 bridgehead atoms. The number of carbonyl (C=O) groups is 2. The van der Waals surface area contributed by atoms with Gasteiger partial charge in [0.1, 0.15) is 11.5 Å². The van der Waals surface area contributed by atoms with E-state index in [-0.39, 0.29) is 17.6 Å². The molecule has 28 heavy (non-hydrogen) atoms. The largest absolute Gasteiger partial charge is 0.497 e. The normalized spacial score (nSPS) is 16.5. The maximum Gasteiger partial charge on any atom is 0.222 e. The zero-order valence-corrected chi connectivity index (χ0v) is 16.5. The highest BCUT2D eigenvalue weighted by Crippen LogP contribution is 2.24. The number of likely N-dealkylation sites (tertiary alicyclic amines) is 1. The molecule has 2 aromatic rings. The lowest BCUT2D eigenvalue weighted by Crippen LogP contribution is -2.42. The number of hydrogen-bond donors (Lipinski definition) is 0. The van der Waals surface area contributed by atoms with Crippen molar-refractivity contribution in [2.45, 2.75) is 25.7 Å². The van der Waals surface area contributed by atoms with Crippen molar-refractivity contribution in [3.05, 3.63) is 59.7 Å². The first-order valence-electron chi connectivity index (χ1n) is 9.70. The van der Waals surface area contributed by atoms with Crippen LogP contribution in [0.5, 0.6) is 11.5 Å². The highest BCUT2D eigenvalue weighted by atomic mass is 16.5. The van der Waals surface area contributed by atoms with Gasteiger partial charge in [0, 0.05) is 31.0 Å². The summed E-state index contributed by atoms with van der Waals surface area (Å²) in [6.07, 6.45) is 2.73. The quantitative estimate of drug-likeness (QED) is 0.686. The summed E-state index contributed by atoms with van der Waals surface area (Å²) in [5, 5.41) is 0. The van der Waals surface area contributed by atoms with E-state index in [0.29, 0.717) is 24.9 Å². The molecule has 1 unspecified atom stereocenters. The first-order chi connectivity index (χ1) is 13.6. The molecule has 0 radical (unpaired) electrons. The fourth-order valence-corrected chi connectivity index (χ4v) is 3.72. The predicted molar refractivity (Wildman–Crippen MR) is 108 cm³/mol. The second-order valence-electron chi connectivity index (χ2n) is 7.08. The van der Waals surface area contributed by atoms with E-state index in [1.165, 1.54) is 0 Å². The molecule has 5 heteroatoms. The second kappa shape index (κ2) is 9.40. The van der Waals surface area contributed by atoms with Crippen LogP contribution in [0.1, 0.15) is 35.2 Å². The fourth-order valence-electron chi connectivity index (χ4n) is 3.72. The minimum atomic E-state index is -0.141. The smallest absolute Gasteiger partial charge is 0.222 e. The van der Waals surface area contributed by atoms with Crippen molar-refractivity contribution in [2.24, 2.45) is 5.92 Å². The Bertz CT molecular complexity index is 816. The first kappa shape index (κ1) is 19.9. The van der Waals surface area contributed by atoms with Gasteiger partial charge < -0.3 is 14.4 Å². The summed E-state index contributed by atoms with van der Waals surface area (Å²) in [5.41, 5.74) is 1.70. The Balaban J connectivity index is 1.59. The molecule has 1 atom stereocenters. The standard InChI is InChI=1S/C23H27NO4/c1-27-20-12-9-18(10-13-20)23(26)19-7-5-15-24(16-19)22(25)14-11-17-6-3-4-8-21(17)28-2/h3-4,6,8-10,12-13,19H,5,7,11,14-16H2,1-2H3. The summed E-state index contributed by atoms with van der Waals surface area (Å²) < 4.78 is 10.5. The van der Waals surface area contributed by atoms with Crippen LogP contribution in [0.15, 0.2) is 48.5 Å². The van der Waals surface area contributed by atoms with Crippen LogP contribution >= 0.6 is 0 Å². The Kier molecular flexibility index (Phi) is 6.69. The molecular weight excluding hydrogens is 354 g/mol. The van der Waals surface area contributed by atoms with Crippen LogP contribution in [0, 0.1) is 5.92 Å². The van der Waals surface area contributed by atoms with Crippen molar-refractivity contribution in [2.75, 3.05) is 27.3 Å². The molecule has 148 valence electrons. The molecular formula is C23H27NO4. The Labute approximate surface area is 166 Å². The van der Waals surface area contributed by atoms with Crippen LogP contribution in [0.2, 0.25) is 0 Å². The molecule has 0 N–H and O–H groups in total. The topological polar surface area (TPSA) is 55.8 Å². The number of benzene rings is 2. The third-order valence-electron chi connectivity index (χ3n) is 5.32. The van der Waals surface area contributed by atoms with E-state index in [1.807, 2.05) is 29.2 Å². The lowest BCUT2D eigenvalue weighted by molar-refractivity contribution is -0.132. The summed E-state index contributed by atoms with van der Waals surface area (Å²) in [7, 11) is 3.24. The summed E-state index contributed by atoms with van der Waals surface area (Å²) in [5.74, 6) is 1.59. The molecule has 1 fully saturated rings. The van der Waals surface area contributed by atoms with Gasteiger partial charge in [0.25, 0.3) is 0 Å². The lowest BCUT2D eigenvalue weighted by Gasteiger charge is -2.32. The molecule has 0 aromatic heterocycles. The molecule has 2 aromatic carbocycles. The Hall–Kier alpha value is -2.82. The molecule has 1 amide bonds. The molecule has 0 spiro atoms. The van der Waals surface area contributed by atoms with Gasteiger partial charge in [-0.1, -0.05) is 18.2 Å². The molecule has 1 aliphatic rings. The van der Waals surface area contributed by atoms with Gasteiger partial charge >= 0.3 is 0 Å². The number of ether oxygens (including phenoxy) is 2. The van der Waals surface area contributed by atoms with Gasteiger partial charge in [-0.25, -0.2) is 0 Å². The number of methoxy groups -OCH3 is 2. The number of amides is 1. The van der Waals surface area contributed by atoms with Crippen LogP contribution in [0.4, 0.5) is 0 Å². The van der Waals surface area contributed by atoms with E-state index in [2.05, 4.69) is 0 Å². The van der Waals surface area contributed by atoms with Gasteiger partial charge in [-0.2, -0.15) is 0 Å². The lowest BCUT2D eigenvalue weighted by atomic mass is 9.89. The predicted octanol–water partition coefficient (Wildman–Crippen LogP) is 3.76. The monoisotopic (exact) mass is 381 g/mol. The maximum absolute atomic E-state index is 12.8. The van der Waals surface area contributed by atoms with Crippen LogP contribution in [0.25, 0.3) is 0 Å². The van der Waals surface area contributed by atoms with Gasteiger partial charge in [-0.3, -0.25) is 9.59 Å². The van der Waals surface area contributed by atoms with Crippen LogP contribution < -0.4 is 9.47 Å². The number of carbonyl (C=O) groups excluding carboxylic acids is 2. The Morgan fingerprint density at radius 1 is 1.04 bits per heavy atom. The summed E-state index contributed by atoms with van der Waals surface area (Å²) >= 11 is 0. The van der Waals surface area contributed by atoms with Crippen LogP contribution in [-0.4, -0.2) is 43.9 Å². The van der Waals surface area contributed by atoms with E-state index < -0.39 is 0 Å². The summed E-state index contributed by atoms with van der Waals surface area (Å²) in [4.78, 5) is 27.4. The van der Waals surface area contributed by atoms with E-state index in [1.54, 1.807) is 38.5 Å². The van der Waals surface area contributed by atoms with Crippen molar-refractivity contribution < 1.29 is 19.1 Å². The molecule has 5 nitrogen and oxygen atoms in total. The number of nitrogens with zero attached hydrogens (tertiary/aromatic N) is 1. The van der Waals surface area contributed by atoms with Crippen LogP contribution in [0.3, 0.4) is 0 Å². The zero-order chi connectivity index (χ0) is 19.9. The number of para-hydroxylation sites is 1. The van der Waals surface area contributed by atoms with E-state index >= 15 is 0 Å². The van der Waals surface area contributed by atoms with Gasteiger partial charge in [0.15, 0.2) is 5.78 Å². The SMILES string of the molecule is COc1ccc(C(=O)C2CCCN(C(=O)CCc3ccccc3OC)C2)cc1. The third-order valence-corrected chi connectivity index (χ3v) is 5.32. The van der Waals surface area contributed by atoms with Gasteiger partial charge in [0.05, 0.1) is 14.2 Å². The number of rotatable bonds is 7. The third kappa shape index (κ3) is 4.71. The number of Topliss-reactive ketones (excluding diaryl/α,β-unsaturated/α-hetero) is 1. The van der Waals surface area contributed by atoms with E-state index in [4.69, 9.17) is 9.47 Å². The molecule has 1 heterocycles. The van der Waals surface area contributed by atoms with Crippen molar-refractivity contribution in [3.8, 4) is 11.5 Å². The number of aryl methyl sites for hydroxylation is 1. The first-order valence-corrected chi connectivity index (χ1v) is 9.70. The van der Waals surface area contributed by atoms with Crippen molar-refractivity contribution in [1.82, 2.24) is 4.90 Å². The number of hydrogen-bond acceptors (Lipinski definition) is 4. The summed E-state index contributed by atoms with van der Waals surface area (Å²) in [6.45, 7) is 1.22. The molecule has 3 rings (SSSR count). The maximum atomic E-state index is 12.8. The van der Waals surface area contributed by atoms with E-state index in [9.17, 15) is 9.59 Å². The minimum Gasteiger partial charge on any atom is -0.497 e. The average Bonchev–Trinajstić information content (AvgIpc) is 2.77. The molecule has 1 saturated heterocycles. The van der Waals surface area contributed by atoms with Gasteiger partial charge in [-0.15, -0.1) is 0 Å². The highest BCUT2D eigenvalue weighted by molar-refractivity contribution is 5.98. The van der Waals surface area contributed by atoms with Crippen molar-refractivity contribution >= 4 is 11.7 Å². The zero-order valence-electron chi connectivity index (χ0n) is 16.5. The second-order valence-corrected chi connectivity index (χ2v) is 7.08. The molecule has 0 aliphatic carbocycles. The van der Waals surface area contributed by atoms with Crippen LogP contribution in [-0.2, 0) is 11.2 Å². The molecule has 1 aliphatic heterocycles. The number of ketones is 1. The van der Waals surface area contributed by atoms with Crippen molar-refractivity contribution in [1.29, 1.82) is 0 Å². The summed E-state index contributed by atoms with van der Waals surface area (Å²) in [6, 6.07) is 14.9. The number of piperidine rings is 1. The Morgan fingerprint density at radius 3 is 2.50 bits per heavy atom. The fraction of sp³-hybridized carbons (Fsp3) is 0.391. The van der Waals surface area contributed by atoms with Gasteiger partial charge in [-0.05, 0) is 55.2 Å².